The summed E-state index contributed by atoms with van der Waals surface area (Å²) in [6.07, 6.45) is 0.521. The molecule has 0 bridgehead atoms. The van der Waals surface area contributed by atoms with Gasteiger partial charge in [0, 0.05) is 10.6 Å². The Morgan fingerprint density at radius 3 is 2.92 bits per heavy atom. The first-order chi connectivity index (χ1) is 6.27. The lowest BCUT2D eigenvalue weighted by Gasteiger charge is -1.99. The average molecular weight is 195 g/mol. The summed E-state index contributed by atoms with van der Waals surface area (Å²) in [5.74, 6) is 4.89. The van der Waals surface area contributed by atoms with Crippen molar-refractivity contribution in [3.05, 3.63) is 34.3 Å². The van der Waals surface area contributed by atoms with Gasteiger partial charge < -0.3 is 5.11 Å². The molecule has 0 aliphatic heterocycles. The fourth-order valence-electron chi connectivity index (χ4n) is 0.886. The number of carbonyl (C=O) groups excluding carboxylic acids is 1. The van der Waals surface area contributed by atoms with Crippen LogP contribution in [0.2, 0.25) is 5.02 Å². The van der Waals surface area contributed by atoms with Crippen molar-refractivity contribution in [1.29, 1.82) is 0 Å². The van der Waals surface area contributed by atoms with Gasteiger partial charge in [-0.2, -0.15) is 0 Å². The smallest absolute Gasteiger partial charge is 0.193 e. The van der Waals surface area contributed by atoms with Gasteiger partial charge in [-0.25, -0.2) is 0 Å². The van der Waals surface area contributed by atoms with Crippen LogP contribution >= 0.6 is 11.6 Å². The highest BCUT2D eigenvalue weighted by atomic mass is 35.5. The van der Waals surface area contributed by atoms with Gasteiger partial charge in [0.15, 0.2) is 6.29 Å². The van der Waals surface area contributed by atoms with E-state index in [0.717, 1.165) is 0 Å². The molecule has 0 unspecified atom stereocenters. The highest BCUT2D eigenvalue weighted by molar-refractivity contribution is 6.31. The summed E-state index contributed by atoms with van der Waals surface area (Å²) in [6, 6.07) is 4.98. The first-order valence-corrected chi connectivity index (χ1v) is 4.00. The molecule has 1 rings (SSSR count). The molecular weight excluding hydrogens is 188 g/mol. The van der Waals surface area contributed by atoms with Crippen molar-refractivity contribution in [3.63, 3.8) is 0 Å². The molecule has 0 aliphatic carbocycles. The molecule has 0 aliphatic rings. The zero-order valence-electron chi connectivity index (χ0n) is 6.75. The number of carbonyl (C=O) groups is 1. The summed E-state index contributed by atoms with van der Waals surface area (Å²) >= 11 is 5.75. The molecule has 0 heterocycles. The fraction of sp³-hybridized carbons (Fsp3) is 0.100. The third-order valence-corrected chi connectivity index (χ3v) is 1.86. The summed E-state index contributed by atoms with van der Waals surface area (Å²) in [6.45, 7) is -0.130. The van der Waals surface area contributed by atoms with E-state index in [1.54, 1.807) is 18.2 Å². The summed E-state index contributed by atoms with van der Waals surface area (Å²) in [5, 5.41) is 9.37. The average Bonchev–Trinajstić information content (AvgIpc) is 2.16. The number of benzene rings is 1. The van der Waals surface area contributed by atoms with E-state index in [9.17, 15) is 4.79 Å². The molecule has 0 saturated carbocycles. The molecule has 0 aromatic heterocycles. The second-order valence-electron chi connectivity index (χ2n) is 2.35. The molecule has 0 fully saturated rings. The maximum absolute atomic E-state index is 9.95. The normalized spacial score (nSPS) is 8.77. The van der Waals surface area contributed by atoms with E-state index in [-0.39, 0.29) is 6.61 Å². The van der Waals surface area contributed by atoms with Crippen LogP contribution in [0.25, 0.3) is 0 Å². The Bertz CT molecular complexity index is 374. The third kappa shape index (κ3) is 2.59. The van der Waals surface area contributed by atoms with Crippen molar-refractivity contribution < 1.29 is 9.90 Å². The number of aliphatic hydroxyl groups is 1. The van der Waals surface area contributed by atoms with Gasteiger partial charge in [-0.1, -0.05) is 17.5 Å². The Morgan fingerprint density at radius 2 is 2.31 bits per heavy atom. The largest absolute Gasteiger partial charge is 0.392 e. The fourth-order valence-corrected chi connectivity index (χ4v) is 1.06. The quantitative estimate of drug-likeness (QED) is 0.542. The molecule has 0 saturated heterocycles. The van der Waals surface area contributed by atoms with Crippen LogP contribution in [0.1, 0.15) is 11.1 Å². The van der Waals surface area contributed by atoms with Gasteiger partial charge in [0.1, 0.15) is 0 Å². The van der Waals surface area contributed by atoms with Crippen molar-refractivity contribution in [2.45, 2.75) is 6.61 Å². The molecule has 66 valence electrons. The molecule has 3 heteroatoms. The second-order valence-corrected chi connectivity index (χ2v) is 2.76. The summed E-state index contributed by atoms with van der Waals surface area (Å²) in [4.78, 5) is 9.95. The Labute approximate surface area is 81.1 Å². The monoisotopic (exact) mass is 194 g/mol. The number of aliphatic hydroxyl groups excluding tert-OH is 1. The van der Waals surface area contributed by atoms with Crippen molar-refractivity contribution in [3.8, 4) is 11.8 Å². The number of hydrogen-bond donors (Lipinski definition) is 1. The SMILES string of the molecule is O=CC#Cc1ccc(Cl)c(CO)c1. The maximum Gasteiger partial charge on any atom is 0.193 e. The van der Waals surface area contributed by atoms with Crippen LogP contribution in [0, 0.1) is 11.8 Å². The van der Waals surface area contributed by atoms with E-state index in [1.807, 2.05) is 0 Å². The lowest BCUT2D eigenvalue weighted by Crippen LogP contribution is -1.86. The molecule has 0 spiro atoms. The first kappa shape index (κ1) is 9.79. The van der Waals surface area contributed by atoms with Gasteiger partial charge in [0.25, 0.3) is 0 Å². The molecule has 1 aromatic carbocycles. The minimum Gasteiger partial charge on any atom is -0.392 e. The molecule has 2 nitrogen and oxygen atoms in total. The lowest BCUT2D eigenvalue weighted by molar-refractivity contribution is -0.103. The van der Waals surface area contributed by atoms with E-state index >= 15 is 0 Å². The van der Waals surface area contributed by atoms with E-state index in [1.165, 1.54) is 0 Å². The van der Waals surface area contributed by atoms with Crippen LogP contribution in [0.5, 0.6) is 0 Å². The van der Waals surface area contributed by atoms with Crippen molar-refractivity contribution in [2.75, 3.05) is 0 Å². The zero-order valence-corrected chi connectivity index (χ0v) is 7.51. The standard InChI is InChI=1S/C10H7ClO2/c11-10-4-3-8(2-1-5-12)6-9(10)7-13/h3-6,13H,7H2. The number of halogens is 1. The summed E-state index contributed by atoms with van der Waals surface area (Å²) in [7, 11) is 0. The first-order valence-electron chi connectivity index (χ1n) is 3.62. The summed E-state index contributed by atoms with van der Waals surface area (Å²) in [5.41, 5.74) is 1.28. The lowest BCUT2D eigenvalue weighted by atomic mass is 10.1. The van der Waals surface area contributed by atoms with Gasteiger partial charge in [-0.3, -0.25) is 4.79 Å². The van der Waals surface area contributed by atoms with Crippen LogP contribution in [0.3, 0.4) is 0 Å². The molecule has 0 radical (unpaired) electrons. The predicted octanol–water partition coefficient (Wildman–Crippen LogP) is 1.38. The highest BCUT2D eigenvalue weighted by Crippen LogP contribution is 2.16. The maximum atomic E-state index is 9.95. The zero-order chi connectivity index (χ0) is 9.68. The highest BCUT2D eigenvalue weighted by Gasteiger charge is 1.98. The second kappa shape index (κ2) is 4.66. The van der Waals surface area contributed by atoms with Gasteiger partial charge >= 0.3 is 0 Å². The number of rotatable bonds is 1. The van der Waals surface area contributed by atoms with Crippen LogP contribution in [-0.2, 0) is 11.4 Å². The molecule has 1 N–H and O–H groups in total. The van der Waals surface area contributed by atoms with Gasteiger partial charge in [-0.15, -0.1) is 0 Å². The Balaban J connectivity index is 3.06. The van der Waals surface area contributed by atoms with Crippen LogP contribution in [0.4, 0.5) is 0 Å². The third-order valence-electron chi connectivity index (χ3n) is 1.49. The Kier molecular flexibility index (Phi) is 3.51. The van der Waals surface area contributed by atoms with E-state index < -0.39 is 0 Å². The molecule has 0 amide bonds. The number of aldehydes is 1. The van der Waals surface area contributed by atoms with E-state index in [4.69, 9.17) is 16.7 Å². The molecule has 1 aromatic rings. The Morgan fingerprint density at radius 1 is 1.54 bits per heavy atom. The minimum absolute atomic E-state index is 0.130. The van der Waals surface area contributed by atoms with Gasteiger partial charge in [-0.05, 0) is 29.7 Å². The van der Waals surface area contributed by atoms with E-state index in [0.29, 0.717) is 22.4 Å². The van der Waals surface area contributed by atoms with Crippen molar-refractivity contribution >= 4 is 17.9 Å². The van der Waals surface area contributed by atoms with Crippen molar-refractivity contribution in [1.82, 2.24) is 0 Å². The van der Waals surface area contributed by atoms with Crippen LogP contribution in [-0.4, -0.2) is 11.4 Å². The minimum atomic E-state index is -0.130. The van der Waals surface area contributed by atoms with E-state index in [2.05, 4.69) is 11.8 Å². The summed E-state index contributed by atoms with van der Waals surface area (Å²) < 4.78 is 0. The van der Waals surface area contributed by atoms with Crippen LogP contribution in [0.15, 0.2) is 18.2 Å². The number of hydrogen-bond acceptors (Lipinski definition) is 2. The molecule has 0 atom stereocenters. The van der Waals surface area contributed by atoms with Gasteiger partial charge in [0.2, 0.25) is 0 Å². The Hall–Kier alpha value is -1.30. The molecular formula is C10H7ClO2. The van der Waals surface area contributed by atoms with Crippen LogP contribution < -0.4 is 0 Å². The topological polar surface area (TPSA) is 37.3 Å². The molecule has 13 heavy (non-hydrogen) atoms. The predicted molar refractivity (Wildman–Crippen MR) is 50.3 cm³/mol. The van der Waals surface area contributed by atoms with Gasteiger partial charge in [0.05, 0.1) is 6.61 Å². The van der Waals surface area contributed by atoms with Crippen molar-refractivity contribution in [2.24, 2.45) is 0 Å².